The molecule has 0 bridgehead atoms. The summed E-state index contributed by atoms with van der Waals surface area (Å²) in [6.07, 6.45) is 3.17. The minimum absolute atomic E-state index is 0.00504. The van der Waals surface area contributed by atoms with Crippen molar-refractivity contribution in [2.24, 2.45) is 5.92 Å². The van der Waals surface area contributed by atoms with Gasteiger partial charge in [-0.2, -0.15) is 0 Å². The fourth-order valence-corrected chi connectivity index (χ4v) is 4.60. The van der Waals surface area contributed by atoms with Gasteiger partial charge in [-0.05, 0) is 45.6 Å². The molecular weight excluding hydrogens is 356 g/mol. The van der Waals surface area contributed by atoms with Gasteiger partial charge in [0.25, 0.3) is 0 Å². The third-order valence-electron chi connectivity index (χ3n) is 5.75. The first kappa shape index (κ1) is 23.1. The summed E-state index contributed by atoms with van der Waals surface area (Å²) in [7, 11) is 3.64. The molecule has 0 radical (unpaired) electrons. The Morgan fingerprint density at radius 1 is 1.18 bits per heavy atom. The molecule has 162 valence electrons. The van der Waals surface area contributed by atoms with Crippen molar-refractivity contribution in [3.8, 4) is 0 Å². The van der Waals surface area contributed by atoms with Crippen molar-refractivity contribution in [3.05, 3.63) is 0 Å². The van der Waals surface area contributed by atoms with Gasteiger partial charge in [0.1, 0.15) is 0 Å². The fraction of sp³-hybridized carbons (Fsp3) is 0.905. The van der Waals surface area contributed by atoms with Gasteiger partial charge in [0.05, 0.1) is 24.3 Å². The Kier molecular flexibility index (Phi) is 8.71. The van der Waals surface area contributed by atoms with Gasteiger partial charge in [-0.1, -0.05) is 13.8 Å². The highest BCUT2D eigenvalue weighted by atomic mass is 16.5. The lowest BCUT2D eigenvalue weighted by Crippen LogP contribution is -2.57. The first-order valence-corrected chi connectivity index (χ1v) is 10.8. The maximum absolute atomic E-state index is 12.9. The van der Waals surface area contributed by atoms with Crippen LogP contribution in [0.5, 0.6) is 0 Å². The third-order valence-corrected chi connectivity index (χ3v) is 5.75. The maximum atomic E-state index is 12.9. The van der Waals surface area contributed by atoms with Gasteiger partial charge in [0.15, 0.2) is 0 Å². The van der Waals surface area contributed by atoms with Crippen LogP contribution in [0.15, 0.2) is 0 Å². The quantitative estimate of drug-likeness (QED) is 0.624. The molecule has 2 aliphatic heterocycles. The Morgan fingerprint density at radius 3 is 2.39 bits per heavy atom. The van der Waals surface area contributed by atoms with E-state index in [4.69, 9.17) is 4.74 Å². The van der Waals surface area contributed by atoms with Gasteiger partial charge in [-0.25, -0.2) is 0 Å². The topological polar surface area (TPSA) is 65.1 Å². The van der Waals surface area contributed by atoms with Crippen LogP contribution < -0.4 is 5.32 Å². The van der Waals surface area contributed by atoms with Crippen molar-refractivity contribution in [2.75, 3.05) is 46.8 Å². The Hall–Kier alpha value is -1.18. The third kappa shape index (κ3) is 6.16. The molecular formula is C21H40N4O3. The number of carbonyl (C=O) groups is 2. The second-order valence-corrected chi connectivity index (χ2v) is 8.97. The van der Waals surface area contributed by atoms with Gasteiger partial charge in [-0.15, -0.1) is 0 Å². The number of likely N-dealkylation sites (tertiary alicyclic amines) is 1. The molecule has 4 unspecified atom stereocenters. The zero-order chi connectivity index (χ0) is 20.8. The minimum Gasteiger partial charge on any atom is -0.373 e. The van der Waals surface area contributed by atoms with Crippen LogP contribution in [-0.2, 0) is 14.3 Å². The maximum Gasteiger partial charge on any atom is 0.239 e. The van der Waals surface area contributed by atoms with E-state index in [1.807, 2.05) is 14.1 Å². The lowest BCUT2D eigenvalue weighted by molar-refractivity contribution is -0.136. The van der Waals surface area contributed by atoms with Crippen molar-refractivity contribution >= 4 is 11.8 Å². The zero-order valence-corrected chi connectivity index (χ0v) is 18.6. The summed E-state index contributed by atoms with van der Waals surface area (Å²) in [5.41, 5.74) is 0. The highest BCUT2D eigenvalue weighted by Gasteiger charge is 2.34. The Bertz CT molecular complexity index is 516. The van der Waals surface area contributed by atoms with Gasteiger partial charge < -0.3 is 15.0 Å². The summed E-state index contributed by atoms with van der Waals surface area (Å²) < 4.78 is 5.82. The van der Waals surface area contributed by atoms with Crippen LogP contribution in [-0.4, -0.2) is 97.6 Å². The molecule has 0 saturated carbocycles. The van der Waals surface area contributed by atoms with Crippen LogP contribution in [0.25, 0.3) is 0 Å². The van der Waals surface area contributed by atoms with Crippen molar-refractivity contribution in [3.63, 3.8) is 0 Å². The molecule has 7 heteroatoms. The monoisotopic (exact) mass is 396 g/mol. The number of morpholine rings is 1. The Balaban J connectivity index is 1.80. The summed E-state index contributed by atoms with van der Waals surface area (Å²) in [5, 5.41) is 3.14. The van der Waals surface area contributed by atoms with E-state index in [0.717, 1.165) is 45.4 Å². The van der Waals surface area contributed by atoms with Crippen LogP contribution in [0.2, 0.25) is 0 Å². The normalized spacial score (nSPS) is 27.8. The Labute approximate surface area is 170 Å². The molecule has 2 aliphatic rings. The van der Waals surface area contributed by atoms with E-state index in [0.29, 0.717) is 6.54 Å². The predicted octanol–water partition coefficient (Wildman–Crippen LogP) is 1.18. The lowest BCUT2D eigenvalue weighted by atomic mass is 9.99. The number of hydrogen-bond acceptors (Lipinski definition) is 5. The highest BCUT2D eigenvalue weighted by Crippen LogP contribution is 2.20. The number of likely N-dealkylation sites (N-methyl/N-ethyl adjacent to an activating group) is 1. The summed E-state index contributed by atoms with van der Waals surface area (Å²) in [5.74, 6) is 0.550. The molecule has 2 heterocycles. The van der Waals surface area contributed by atoms with Gasteiger partial charge in [0.2, 0.25) is 11.8 Å². The first-order valence-electron chi connectivity index (χ1n) is 10.8. The van der Waals surface area contributed by atoms with Crippen molar-refractivity contribution in [1.29, 1.82) is 0 Å². The molecule has 2 saturated heterocycles. The average molecular weight is 397 g/mol. The molecule has 0 aliphatic carbocycles. The SMILES string of the molecule is CC1CN(C(C(=O)NCCCN2CCCC2C(=O)N(C)C)C(C)C)CC(C)O1. The summed E-state index contributed by atoms with van der Waals surface area (Å²) in [6.45, 7) is 12.4. The lowest BCUT2D eigenvalue weighted by Gasteiger charge is -2.41. The van der Waals surface area contributed by atoms with E-state index >= 15 is 0 Å². The second kappa shape index (κ2) is 10.6. The summed E-state index contributed by atoms with van der Waals surface area (Å²) >= 11 is 0. The summed E-state index contributed by atoms with van der Waals surface area (Å²) in [4.78, 5) is 31.4. The number of nitrogens with zero attached hydrogens (tertiary/aromatic N) is 3. The van der Waals surface area contributed by atoms with E-state index in [1.165, 1.54) is 0 Å². The van der Waals surface area contributed by atoms with Crippen molar-refractivity contribution < 1.29 is 14.3 Å². The van der Waals surface area contributed by atoms with Crippen LogP contribution in [0.1, 0.15) is 47.0 Å². The number of rotatable bonds is 8. The van der Waals surface area contributed by atoms with Crippen LogP contribution in [0.4, 0.5) is 0 Å². The molecule has 2 rings (SSSR count). The van der Waals surface area contributed by atoms with Crippen molar-refractivity contribution in [1.82, 2.24) is 20.0 Å². The molecule has 7 nitrogen and oxygen atoms in total. The molecule has 0 aromatic heterocycles. The van der Waals surface area contributed by atoms with Gasteiger partial charge in [-0.3, -0.25) is 19.4 Å². The molecule has 4 atom stereocenters. The molecule has 0 spiro atoms. The highest BCUT2D eigenvalue weighted by molar-refractivity contribution is 5.82. The van der Waals surface area contributed by atoms with Crippen LogP contribution in [0.3, 0.4) is 0 Å². The molecule has 2 fully saturated rings. The Morgan fingerprint density at radius 2 is 1.82 bits per heavy atom. The molecule has 2 amide bonds. The number of amides is 2. The van der Waals surface area contributed by atoms with E-state index in [1.54, 1.807) is 4.90 Å². The minimum atomic E-state index is -0.122. The molecule has 1 N–H and O–H groups in total. The molecule has 0 aromatic rings. The molecule has 28 heavy (non-hydrogen) atoms. The van der Waals surface area contributed by atoms with E-state index < -0.39 is 0 Å². The van der Waals surface area contributed by atoms with Crippen molar-refractivity contribution in [2.45, 2.75) is 71.2 Å². The van der Waals surface area contributed by atoms with E-state index in [9.17, 15) is 9.59 Å². The standard InChI is InChI=1S/C21H40N4O3/c1-15(2)19(25-13-16(3)28-17(4)14-25)20(26)22-10-8-12-24-11-7-9-18(24)21(27)23(5)6/h15-19H,7-14H2,1-6H3,(H,22,26). The van der Waals surface area contributed by atoms with Crippen LogP contribution >= 0.6 is 0 Å². The van der Waals surface area contributed by atoms with E-state index in [-0.39, 0.29) is 42.0 Å². The largest absolute Gasteiger partial charge is 0.373 e. The molecule has 0 aromatic carbocycles. The van der Waals surface area contributed by atoms with Gasteiger partial charge >= 0.3 is 0 Å². The number of ether oxygens (including phenoxy) is 1. The fourth-order valence-electron chi connectivity index (χ4n) is 4.60. The smallest absolute Gasteiger partial charge is 0.239 e. The van der Waals surface area contributed by atoms with Crippen LogP contribution in [0, 0.1) is 5.92 Å². The number of carbonyl (C=O) groups excluding carboxylic acids is 2. The number of nitrogens with one attached hydrogen (secondary N) is 1. The zero-order valence-electron chi connectivity index (χ0n) is 18.6. The second-order valence-electron chi connectivity index (χ2n) is 8.97. The van der Waals surface area contributed by atoms with Gasteiger partial charge in [0, 0.05) is 40.3 Å². The summed E-state index contributed by atoms with van der Waals surface area (Å²) in [6, 6.07) is -0.117. The average Bonchev–Trinajstić information content (AvgIpc) is 3.05. The first-order chi connectivity index (χ1) is 13.2. The van der Waals surface area contributed by atoms with E-state index in [2.05, 4.69) is 42.8 Å². The number of hydrogen-bond donors (Lipinski definition) is 1. The predicted molar refractivity (Wildman–Crippen MR) is 111 cm³/mol.